The van der Waals surface area contributed by atoms with E-state index in [4.69, 9.17) is 5.53 Å². The lowest BCUT2D eigenvalue weighted by atomic mass is 10.1. The van der Waals surface area contributed by atoms with Gasteiger partial charge in [-0.1, -0.05) is 6.07 Å². The van der Waals surface area contributed by atoms with Crippen LogP contribution in [0.3, 0.4) is 0 Å². The van der Waals surface area contributed by atoms with Gasteiger partial charge in [-0.3, -0.25) is 9.89 Å². The van der Waals surface area contributed by atoms with Gasteiger partial charge >= 0.3 is 0 Å². The van der Waals surface area contributed by atoms with Crippen molar-refractivity contribution in [2.75, 3.05) is 0 Å². The van der Waals surface area contributed by atoms with Crippen molar-refractivity contribution in [1.29, 1.82) is 5.53 Å². The SMILES string of the molecule is Cc1ccc(-n2[nH]c(C)c(N=N)c2=O)cc1C. The largest absolute Gasteiger partial charge is 0.299 e. The summed E-state index contributed by atoms with van der Waals surface area (Å²) in [6, 6.07) is 5.76. The highest BCUT2D eigenvalue weighted by Crippen LogP contribution is 2.15. The fourth-order valence-electron chi connectivity index (χ4n) is 1.72. The zero-order valence-electron chi connectivity index (χ0n) is 10.0. The predicted molar refractivity (Wildman–Crippen MR) is 65.4 cm³/mol. The topological polar surface area (TPSA) is 74.0 Å². The first-order valence-corrected chi connectivity index (χ1v) is 5.31. The smallest absolute Gasteiger partial charge is 0.293 e. The van der Waals surface area contributed by atoms with E-state index in [1.807, 2.05) is 32.0 Å². The summed E-state index contributed by atoms with van der Waals surface area (Å²) < 4.78 is 1.41. The molecule has 0 atom stereocenters. The number of aromatic amines is 1. The third-order valence-electron chi connectivity index (χ3n) is 2.90. The zero-order valence-corrected chi connectivity index (χ0v) is 10.0. The van der Waals surface area contributed by atoms with Crippen molar-refractivity contribution in [3.63, 3.8) is 0 Å². The number of rotatable bonds is 2. The van der Waals surface area contributed by atoms with Gasteiger partial charge in [-0.05, 0) is 44.0 Å². The van der Waals surface area contributed by atoms with Gasteiger partial charge in [0.2, 0.25) is 0 Å². The molecule has 88 valence electrons. The van der Waals surface area contributed by atoms with Gasteiger partial charge in [0.1, 0.15) is 0 Å². The number of benzene rings is 1. The molecule has 2 N–H and O–H groups in total. The number of nitrogens with one attached hydrogen (secondary N) is 2. The van der Waals surface area contributed by atoms with E-state index in [1.165, 1.54) is 10.2 Å². The lowest BCUT2D eigenvalue weighted by Crippen LogP contribution is -2.14. The number of H-pyrrole nitrogens is 1. The summed E-state index contributed by atoms with van der Waals surface area (Å²) in [5.41, 5.74) is 10.5. The van der Waals surface area contributed by atoms with Crippen LogP contribution in [-0.2, 0) is 0 Å². The molecule has 5 nitrogen and oxygen atoms in total. The first-order chi connectivity index (χ1) is 8.04. The minimum atomic E-state index is -0.291. The summed E-state index contributed by atoms with van der Waals surface area (Å²) in [4.78, 5) is 11.9. The van der Waals surface area contributed by atoms with Gasteiger partial charge in [-0.2, -0.15) is 5.11 Å². The third-order valence-corrected chi connectivity index (χ3v) is 2.90. The molecule has 0 fully saturated rings. The normalized spacial score (nSPS) is 10.5. The highest BCUT2D eigenvalue weighted by Gasteiger charge is 2.11. The van der Waals surface area contributed by atoms with E-state index in [0.717, 1.165) is 11.3 Å². The standard InChI is InChI=1S/C12H14N4O/c1-7-4-5-10(6-8(7)2)16-12(17)11(14-13)9(3)15-16/h4-6,13,15H,1-3H3. The molecule has 2 aromatic rings. The van der Waals surface area contributed by atoms with Crippen molar-refractivity contribution in [2.24, 2.45) is 5.11 Å². The van der Waals surface area contributed by atoms with Crippen LogP contribution < -0.4 is 5.56 Å². The summed E-state index contributed by atoms with van der Waals surface area (Å²) >= 11 is 0. The van der Waals surface area contributed by atoms with E-state index >= 15 is 0 Å². The summed E-state index contributed by atoms with van der Waals surface area (Å²) in [5.74, 6) is 0. The molecule has 0 aliphatic carbocycles. The molecular weight excluding hydrogens is 216 g/mol. The van der Waals surface area contributed by atoms with Crippen molar-refractivity contribution in [2.45, 2.75) is 20.8 Å². The van der Waals surface area contributed by atoms with Crippen LogP contribution in [0.1, 0.15) is 16.8 Å². The minimum absolute atomic E-state index is 0.156. The van der Waals surface area contributed by atoms with E-state index < -0.39 is 0 Å². The second kappa shape index (κ2) is 4.01. The Morgan fingerprint density at radius 1 is 1.24 bits per heavy atom. The Morgan fingerprint density at radius 3 is 2.47 bits per heavy atom. The zero-order chi connectivity index (χ0) is 12.6. The van der Waals surface area contributed by atoms with E-state index in [9.17, 15) is 4.79 Å². The van der Waals surface area contributed by atoms with E-state index in [0.29, 0.717) is 5.69 Å². The second-order valence-electron chi connectivity index (χ2n) is 4.11. The number of hydrogen-bond acceptors (Lipinski definition) is 3. The quantitative estimate of drug-likeness (QED) is 0.765. The van der Waals surface area contributed by atoms with E-state index in [2.05, 4.69) is 10.2 Å². The molecule has 0 amide bonds. The maximum atomic E-state index is 11.9. The Balaban J connectivity index is 2.65. The van der Waals surface area contributed by atoms with Crippen molar-refractivity contribution < 1.29 is 0 Å². The van der Waals surface area contributed by atoms with Crippen LogP contribution in [0.4, 0.5) is 5.69 Å². The van der Waals surface area contributed by atoms with E-state index in [1.54, 1.807) is 6.92 Å². The monoisotopic (exact) mass is 230 g/mol. The molecule has 0 radical (unpaired) electrons. The first-order valence-electron chi connectivity index (χ1n) is 5.31. The van der Waals surface area contributed by atoms with Crippen LogP contribution in [0.25, 0.3) is 5.69 Å². The number of aryl methyl sites for hydroxylation is 3. The minimum Gasteiger partial charge on any atom is -0.293 e. The second-order valence-corrected chi connectivity index (χ2v) is 4.11. The highest BCUT2D eigenvalue weighted by atomic mass is 16.1. The maximum absolute atomic E-state index is 11.9. The molecule has 0 unspecified atom stereocenters. The molecule has 0 saturated carbocycles. The molecular formula is C12H14N4O. The van der Waals surface area contributed by atoms with Crippen LogP contribution in [-0.4, -0.2) is 9.78 Å². The van der Waals surface area contributed by atoms with Gasteiger partial charge in [0.15, 0.2) is 5.69 Å². The van der Waals surface area contributed by atoms with Crippen molar-refractivity contribution in [3.05, 3.63) is 45.4 Å². The first kappa shape index (κ1) is 11.3. The molecule has 0 bridgehead atoms. The predicted octanol–water partition coefficient (Wildman–Crippen LogP) is 2.75. The van der Waals surface area contributed by atoms with Gasteiger partial charge in [0, 0.05) is 0 Å². The van der Waals surface area contributed by atoms with Gasteiger partial charge in [0.25, 0.3) is 5.56 Å². The molecule has 2 rings (SSSR count). The molecule has 1 heterocycles. The molecule has 1 aromatic carbocycles. The van der Waals surface area contributed by atoms with Crippen LogP contribution >= 0.6 is 0 Å². The Bertz CT molecular complexity index is 636. The van der Waals surface area contributed by atoms with Crippen LogP contribution in [0, 0.1) is 26.3 Å². The molecule has 0 aliphatic rings. The van der Waals surface area contributed by atoms with Crippen molar-refractivity contribution in [3.8, 4) is 5.69 Å². The van der Waals surface area contributed by atoms with E-state index in [-0.39, 0.29) is 11.2 Å². The van der Waals surface area contributed by atoms with Crippen molar-refractivity contribution >= 4 is 5.69 Å². The average molecular weight is 230 g/mol. The van der Waals surface area contributed by atoms with Gasteiger partial charge < -0.3 is 0 Å². The lowest BCUT2D eigenvalue weighted by Gasteiger charge is -2.05. The Kier molecular flexibility index (Phi) is 2.67. The molecule has 17 heavy (non-hydrogen) atoms. The Hall–Kier alpha value is -2.17. The van der Waals surface area contributed by atoms with Crippen LogP contribution in [0.5, 0.6) is 0 Å². The fraction of sp³-hybridized carbons (Fsp3) is 0.250. The summed E-state index contributed by atoms with van der Waals surface area (Å²) in [7, 11) is 0. The molecule has 0 saturated heterocycles. The third kappa shape index (κ3) is 1.80. The summed E-state index contributed by atoms with van der Waals surface area (Å²) in [5, 5.41) is 6.16. The molecule has 0 aliphatic heterocycles. The van der Waals surface area contributed by atoms with Gasteiger partial charge in [0.05, 0.1) is 11.4 Å². The molecule has 0 spiro atoms. The van der Waals surface area contributed by atoms with Gasteiger partial charge in [-0.15, -0.1) is 0 Å². The Labute approximate surface area is 98.6 Å². The Morgan fingerprint density at radius 2 is 1.94 bits per heavy atom. The van der Waals surface area contributed by atoms with Crippen molar-refractivity contribution in [1.82, 2.24) is 9.78 Å². The molecule has 5 heteroatoms. The summed E-state index contributed by atoms with van der Waals surface area (Å²) in [6.45, 7) is 5.74. The maximum Gasteiger partial charge on any atom is 0.299 e. The summed E-state index contributed by atoms with van der Waals surface area (Å²) in [6.07, 6.45) is 0. The number of aromatic nitrogens is 2. The average Bonchev–Trinajstić information content (AvgIpc) is 2.58. The fourth-order valence-corrected chi connectivity index (χ4v) is 1.72. The van der Waals surface area contributed by atoms with Gasteiger partial charge in [-0.25, -0.2) is 10.2 Å². The van der Waals surface area contributed by atoms with Crippen LogP contribution in [0.2, 0.25) is 0 Å². The molecule has 1 aromatic heterocycles. The van der Waals surface area contributed by atoms with Crippen LogP contribution in [0.15, 0.2) is 28.1 Å². The lowest BCUT2D eigenvalue weighted by molar-refractivity contribution is 0.833. The number of nitrogens with zero attached hydrogens (tertiary/aromatic N) is 2. The highest BCUT2D eigenvalue weighted by molar-refractivity contribution is 5.44. The number of hydrogen-bond donors (Lipinski definition) is 2.